The van der Waals surface area contributed by atoms with Crippen molar-refractivity contribution in [3.8, 4) is 5.75 Å². The molecule has 0 fully saturated rings. The molecule has 0 aromatic heterocycles. The van der Waals surface area contributed by atoms with Crippen LogP contribution in [0.5, 0.6) is 5.75 Å². The number of benzene rings is 2. The molecule has 0 spiro atoms. The van der Waals surface area contributed by atoms with Gasteiger partial charge >= 0.3 is 0 Å². The summed E-state index contributed by atoms with van der Waals surface area (Å²) in [5, 5.41) is 11.9. The molecule has 0 unspecified atom stereocenters. The first-order chi connectivity index (χ1) is 15.9. The van der Waals surface area contributed by atoms with Gasteiger partial charge in [-0.05, 0) is 42.7 Å². The van der Waals surface area contributed by atoms with Crippen molar-refractivity contribution in [2.75, 3.05) is 19.8 Å². The molecule has 6 nitrogen and oxygen atoms in total. The fourth-order valence-electron chi connectivity index (χ4n) is 3.57. The van der Waals surface area contributed by atoms with Crippen LogP contribution >= 0.6 is 0 Å². The summed E-state index contributed by atoms with van der Waals surface area (Å²) in [5.74, 6) is 1.38. The average Bonchev–Trinajstić information content (AvgIpc) is 3.16. The fourth-order valence-corrected chi connectivity index (χ4v) is 3.57. The molecule has 1 amide bonds. The first-order valence-electron chi connectivity index (χ1n) is 11.5. The van der Waals surface area contributed by atoms with E-state index in [0.717, 1.165) is 11.1 Å². The molecule has 2 aromatic rings. The van der Waals surface area contributed by atoms with Crippen LogP contribution in [0.3, 0.4) is 0 Å². The number of amides is 1. The van der Waals surface area contributed by atoms with Crippen LogP contribution in [0.15, 0.2) is 65.7 Å². The van der Waals surface area contributed by atoms with Crippen molar-refractivity contribution in [1.29, 1.82) is 0 Å². The second-order valence-corrected chi connectivity index (χ2v) is 8.67. The normalized spacial score (nSPS) is 20.0. The maximum absolute atomic E-state index is 13.3. The number of aliphatic imine (C=N–C) groups is 1. The quantitative estimate of drug-likeness (QED) is 0.502. The van der Waals surface area contributed by atoms with Gasteiger partial charge in [0.1, 0.15) is 11.9 Å². The molecule has 0 saturated heterocycles. The molecule has 0 bridgehead atoms. The predicted octanol–water partition coefficient (Wildman–Crippen LogP) is 4.23. The molecule has 3 rings (SSSR count). The van der Waals surface area contributed by atoms with Crippen LogP contribution in [0.4, 0.5) is 0 Å². The zero-order valence-corrected chi connectivity index (χ0v) is 19.7. The number of hydrogen-bond donors (Lipinski definition) is 2. The van der Waals surface area contributed by atoms with Gasteiger partial charge < -0.3 is 19.9 Å². The number of nitrogens with zero attached hydrogens (tertiary/aromatic N) is 1. The van der Waals surface area contributed by atoms with Gasteiger partial charge in [0, 0.05) is 31.6 Å². The molecule has 2 atom stereocenters. The largest absolute Gasteiger partial charge is 0.494 e. The monoisotopic (exact) mass is 450 g/mol. The number of nitrogens with one attached hydrogen (secondary N) is 1. The number of carbonyl (C=O) groups excluding carboxylic acids is 1. The Morgan fingerprint density at radius 2 is 1.94 bits per heavy atom. The summed E-state index contributed by atoms with van der Waals surface area (Å²) in [5.41, 5.74) is 0.830. The van der Waals surface area contributed by atoms with Gasteiger partial charge in [-0.25, -0.2) is 4.99 Å². The molecule has 2 N–H and O–H groups in total. The van der Waals surface area contributed by atoms with E-state index in [1.165, 1.54) is 0 Å². The van der Waals surface area contributed by atoms with Gasteiger partial charge in [-0.1, -0.05) is 56.3 Å². The number of rotatable bonds is 11. The van der Waals surface area contributed by atoms with Gasteiger partial charge in [0.05, 0.1) is 6.61 Å². The Balaban J connectivity index is 1.83. The zero-order chi connectivity index (χ0) is 23.7. The molecule has 176 valence electrons. The maximum Gasteiger partial charge on any atom is 0.252 e. The molecule has 2 aromatic carbocycles. The fraction of sp³-hybridized carbons (Fsp3) is 0.407. The first-order valence-corrected chi connectivity index (χ1v) is 11.5. The van der Waals surface area contributed by atoms with E-state index in [0.29, 0.717) is 43.6 Å². The molecule has 6 heteroatoms. The van der Waals surface area contributed by atoms with Crippen LogP contribution in [-0.2, 0) is 9.53 Å². The summed E-state index contributed by atoms with van der Waals surface area (Å²) in [6.07, 6.45) is 4.60. The third-order valence-corrected chi connectivity index (χ3v) is 5.54. The molecule has 0 saturated carbocycles. The van der Waals surface area contributed by atoms with Crippen LogP contribution in [0, 0.1) is 5.92 Å². The van der Waals surface area contributed by atoms with Crippen molar-refractivity contribution in [1.82, 2.24) is 5.32 Å². The van der Waals surface area contributed by atoms with Crippen molar-refractivity contribution in [3.63, 3.8) is 0 Å². The highest BCUT2D eigenvalue weighted by Crippen LogP contribution is 2.33. The second kappa shape index (κ2) is 11.7. The van der Waals surface area contributed by atoms with Crippen LogP contribution < -0.4 is 10.1 Å². The number of carbonyl (C=O) groups is 1. The summed E-state index contributed by atoms with van der Waals surface area (Å²) < 4.78 is 11.7. The molecular formula is C27H34N2O4. The SMILES string of the molecule is CC(C)CNC(=O)[C@]1(C/C=C/c2ccccc2)N=C(c2ccc(OCCCO)cc2)O[C@@H]1C. The molecule has 1 aliphatic rings. The molecular weight excluding hydrogens is 416 g/mol. The number of aliphatic hydroxyl groups is 1. The number of hydrogen-bond acceptors (Lipinski definition) is 5. The van der Waals surface area contributed by atoms with Crippen LogP contribution in [0.1, 0.15) is 44.7 Å². The van der Waals surface area contributed by atoms with Gasteiger partial charge in [-0.2, -0.15) is 0 Å². The summed E-state index contributed by atoms with van der Waals surface area (Å²) in [7, 11) is 0. The topological polar surface area (TPSA) is 80.2 Å². The first kappa shape index (κ1) is 24.5. The molecule has 1 heterocycles. The smallest absolute Gasteiger partial charge is 0.252 e. The van der Waals surface area contributed by atoms with Crippen molar-refractivity contribution in [2.45, 2.75) is 45.3 Å². The lowest BCUT2D eigenvalue weighted by Gasteiger charge is -2.27. The Kier molecular flexibility index (Phi) is 8.66. The molecule has 1 aliphatic heterocycles. The Labute approximate surface area is 196 Å². The highest BCUT2D eigenvalue weighted by molar-refractivity contribution is 6.00. The highest BCUT2D eigenvalue weighted by Gasteiger charge is 2.49. The van der Waals surface area contributed by atoms with E-state index in [2.05, 4.69) is 19.2 Å². The lowest BCUT2D eigenvalue weighted by Crippen LogP contribution is -2.51. The minimum Gasteiger partial charge on any atom is -0.494 e. The minimum absolute atomic E-state index is 0.0975. The standard InChI is InChI=1S/C27H34N2O4/c1-20(2)19-28-26(31)27(16-7-11-22-9-5-4-6-10-22)21(3)33-25(29-27)23-12-14-24(15-13-23)32-18-8-17-30/h4-7,9-15,20-21,30H,8,16-19H2,1-3H3,(H,28,31)/b11-7+/t21-,27-/m1/s1. The minimum atomic E-state index is -1.04. The third kappa shape index (κ3) is 6.45. The predicted molar refractivity (Wildman–Crippen MR) is 131 cm³/mol. The van der Waals surface area contributed by atoms with Crippen LogP contribution in [0.25, 0.3) is 6.08 Å². The van der Waals surface area contributed by atoms with Crippen LogP contribution in [0.2, 0.25) is 0 Å². The Bertz CT molecular complexity index is 954. The van der Waals surface area contributed by atoms with Crippen molar-refractivity contribution < 1.29 is 19.4 Å². The van der Waals surface area contributed by atoms with E-state index in [4.69, 9.17) is 19.6 Å². The van der Waals surface area contributed by atoms with E-state index in [-0.39, 0.29) is 12.5 Å². The van der Waals surface area contributed by atoms with E-state index < -0.39 is 11.6 Å². The zero-order valence-electron chi connectivity index (χ0n) is 19.7. The Morgan fingerprint density at radius 3 is 2.61 bits per heavy atom. The lowest BCUT2D eigenvalue weighted by molar-refractivity contribution is -0.128. The van der Waals surface area contributed by atoms with Gasteiger partial charge in [0.15, 0.2) is 5.54 Å². The Hall–Kier alpha value is -3.12. The molecule has 0 aliphatic carbocycles. The maximum atomic E-state index is 13.3. The summed E-state index contributed by atoms with van der Waals surface area (Å²) in [6.45, 7) is 7.16. The lowest BCUT2D eigenvalue weighted by atomic mass is 9.88. The van der Waals surface area contributed by atoms with Gasteiger partial charge in [0.25, 0.3) is 5.91 Å². The average molecular weight is 451 g/mol. The van der Waals surface area contributed by atoms with E-state index in [1.54, 1.807) is 0 Å². The van der Waals surface area contributed by atoms with E-state index in [1.807, 2.05) is 73.7 Å². The summed E-state index contributed by atoms with van der Waals surface area (Å²) in [4.78, 5) is 18.2. The van der Waals surface area contributed by atoms with E-state index >= 15 is 0 Å². The third-order valence-electron chi connectivity index (χ3n) is 5.54. The summed E-state index contributed by atoms with van der Waals surface area (Å²) in [6, 6.07) is 17.4. The number of aliphatic hydroxyl groups excluding tert-OH is 1. The van der Waals surface area contributed by atoms with E-state index in [9.17, 15) is 4.79 Å². The Morgan fingerprint density at radius 1 is 1.21 bits per heavy atom. The second-order valence-electron chi connectivity index (χ2n) is 8.67. The van der Waals surface area contributed by atoms with Crippen molar-refractivity contribution in [3.05, 3.63) is 71.8 Å². The number of ether oxygens (including phenoxy) is 2. The van der Waals surface area contributed by atoms with Gasteiger partial charge in [-0.15, -0.1) is 0 Å². The molecule has 33 heavy (non-hydrogen) atoms. The van der Waals surface area contributed by atoms with Crippen molar-refractivity contribution >= 4 is 17.9 Å². The highest BCUT2D eigenvalue weighted by atomic mass is 16.5. The van der Waals surface area contributed by atoms with Gasteiger partial charge in [-0.3, -0.25) is 4.79 Å². The van der Waals surface area contributed by atoms with Gasteiger partial charge in [0.2, 0.25) is 5.90 Å². The summed E-state index contributed by atoms with van der Waals surface area (Å²) >= 11 is 0. The van der Waals surface area contributed by atoms with Crippen molar-refractivity contribution in [2.24, 2.45) is 10.9 Å². The van der Waals surface area contributed by atoms with Crippen LogP contribution in [-0.4, -0.2) is 48.3 Å². The molecule has 0 radical (unpaired) electrons.